The highest BCUT2D eigenvalue weighted by Gasteiger charge is 2.34. The largest absolute Gasteiger partial charge is 0.0622 e. The van der Waals surface area contributed by atoms with Crippen molar-refractivity contribution in [1.29, 1.82) is 0 Å². The summed E-state index contributed by atoms with van der Waals surface area (Å²) in [4.78, 5) is 0. The molecule has 0 heterocycles. The highest BCUT2D eigenvalue weighted by atomic mass is 14.4. The highest BCUT2D eigenvalue weighted by molar-refractivity contribution is 6.53. The zero-order valence-corrected chi connectivity index (χ0v) is 43.8. The number of aryl methyl sites for hydroxylation is 4. The summed E-state index contributed by atoms with van der Waals surface area (Å²) in [6.07, 6.45) is 0. The third-order valence-electron chi connectivity index (χ3n) is 18.7. The van der Waals surface area contributed by atoms with E-state index in [1.807, 2.05) is 0 Å². The van der Waals surface area contributed by atoms with Crippen LogP contribution in [0.2, 0.25) is 0 Å². The topological polar surface area (TPSA) is 0 Å². The van der Waals surface area contributed by atoms with Gasteiger partial charge in [-0.05, 0) is 247 Å². The van der Waals surface area contributed by atoms with Crippen molar-refractivity contribution in [2.75, 3.05) is 0 Å². The Morgan fingerprint density at radius 1 is 0.179 bits per heavy atom. The second-order valence-electron chi connectivity index (χ2n) is 22.6. The molecule has 0 aromatic heterocycles. The summed E-state index contributed by atoms with van der Waals surface area (Å²) in [5.41, 5.74) is 21.0. The van der Waals surface area contributed by atoms with Crippen LogP contribution in [0.25, 0.3) is 185 Å². The second kappa shape index (κ2) is 15.1. The average Bonchev–Trinajstić information content (AvgIpc) is 3.74. The normalized spacial score (nSPS) is 12.6. The molecule has 0 bridgehead atoms. The molecule has 18 rings (SSSR count). The summed E-state index contributed by atoms with van der Waals surface area (Å²) >= 11 is 0. The molecule has 0 saturated carbocycles. The van der Waals surface area contributed by atoms with Crippen LogP contribution in [0.1, 0.15) is 22.3 Å². The predicted octanol–water partition coefficient (Wildman–Crippen LogP) is 22.2. The monoisotopic (exact) mass is 984 g/mol. The van der Waals surface area contributed by atoms with E-state index in [0.717, 1.165) is 0 Å². The molecular formula is C78H48. The summed E-state index contributed by atoms with van der Waals surface area (Å²) in [5.74, 6) is 0. The molecule has 0 N–H and O–H groups in total. The molecule has 78 heavy (non-hydrogen) atoms. The molecule has 17 aromatic rings. The third-order valence-corrected chi connectivity index (χ3v) is 18.7. The van der Waals surface area contributed by atoms with Crippen LogP contribution in [0, 0.1) is 27.7 Å². The van der Waals surface area contributed by atoms with Gasteiger partial charge in [0, 0.05) is 0 Å². The lowest BCUT2D eigenvalue weighted by atomic mass is 9.81. The van der Waals surface area contributed by atoms with Gasteiger partial charge in [0.05, 0.1) is 0 Å². The van der Waals surface area contributed by atoms with Gasteiger partial charge >= 0.3 is 0 Å². The van der Waals surface area contributed by atoms with E-state index in [9.17, 15) is 0 Å². The van der Waals surface area contributed by atoms with Crippen LogP contribution in [0.5, 0.6) is 0 Å². The number of fused-ring (bicyclic) bond motifs is 15. The Bertz CT molecular complexity index is 5350. The van der Waals surface area contributed by atoms with E-state index in [1.54, 1.807) is 0 Å². The molecule has 0 unspecified atom stereocenters. The predicted molar refractivity (Wildman–Crippen MR) is 338 cm³/mol. The number of benzene rings is 15. The Balaban J connectivity index is 0.993. The van der Waals surface area contributed by atoms with Crippen molar-refractivity contribution in [2.45, 2.75) is 27.7 Å². The van der Waals surface area contributed by atoms with Crippen LogP contribution in [0.3, 0.4) is 0 Å². The molecule has 0 fully saturated rings. The van der Waals surface area contributed by atoms with E-state index in [2.05, 4.69) is 246 Å². The fraction of sp³-hybridized carbons (Fsp3) is 0.0513. The summed E-state index contributed by atoms with van der Waals surface area (Å²) in [6.45, 7) is 9.04. The van der Waals surface area contributed by atoms with Crippen LogP contribution >= 0.6 is 0 Å². The van der Waals surface area contributed by atoms with Crippen molar-refractivity contribution in [3.8, 4) is 66.8 Å². The fourth-order valence-corrected chi connectivity index (χ4v) is 15.7. The Morgan fingerprint density at radius 2 is 0.603 bits per heavy atom. The molecule has 0 nitrogen and oxygen atoms in total. The van der Waals surface area contributed by atoms with E-state index in [4.69, 9.17) is 0 Å². The molecule has 17 aromatic carbocycles. The van der Waals surface area contributed by atoms with Gasteiger partial charge in [-0.25, -0.2) is 0 Å². The number of rotatable bonds is 4. The van der Waals surface area contributed by atoms with Gasteiger partial charge in [0.25, 0.3) is 0 Å². The molecule has 1 aliphatic carbocycles. The summed E-state index contributed by atoms with van der Waals surface area (Å²) < 4.78 is 0. The van der Waals surface area contributed by atoms with Crippen molar-refractivity contribution in [2.24, 2.45) is 0 Å². The van der Waals surface area contributed by atoms with Gasteiger partial charge < -0.3 is 0 Å². The summed E-state index contributed by atoms with van der Waals surface area (Å²) in [5, 5.41) is 29.4. The molecule has 0 atom stereocenters. The van der Waals surface area contributed by atoms with Crippen LogP contribution in [-0.2, 0) is 0 Å². The number of hydrogen-bond donors (Lipinski definition) is 0. The third kappa shape index (κ3) is 5.21. The lowest BCUT2D eigenvalue weighted by Gasteiger charge is -2.22. The molecule has 360 valence electrons. The minimum Gasteiger partial charge on any atom is -0.0622 e. The van der Waals surface area contributed by atoms with E-state index >= 15 is 0 Å². The Morgan fingerprint density at radius 3 is 1.21 bits per heavy atom. The molecule has 0 saturated heterocycles. The quantitative estimate of drug-likeness (QED) is 0.122. The molecule has 0 amide bonds. The Labute approximate surface area is 451 Å². The van der Waals surface area contributed by atoms with Gasteiger partial charge in [-0.2, -0.15) is 0 Å². The number of hydrogen-bond acceptors (Lipinski definition) is 0. The minimum absolute atomic E-state index is 1.25. The van der Waals surface area contributed by atoms with Gasteiger partial charge in [0.2, 0.25) is 0 Å². The van der Waals surface area contributed by atoms with Crippen molar-refractivity contribution in [1.82, 2.24) is 0 Å². The lowest BCUT2D eigenvalue weighted by Crippen LogP contribution is -1.95. The van der Waals surface area contributed by atoms with E-state index < -0.39 is 0 Å². The smallest absolute Gasteiger partial charge is 0.000696 e. The van der Waals surface area contributed by atoms with Crippen LogP contribution in [0.4, 0.5) is 0 Å². The first-order valence-electron chi connectivity index (χ1n) is 27.7. The fourth-order valence-electron chi connectivity index (χ4n) is 15.7. The first kappa shape index (κ1) is 42.6. The highest BCUT2D eigenvalue weighted by Crippen LogP contribution is 2.62. The van der Waals surface area contributed by atoms with Gasteiger partial charge in [0.1, 0.15) is 0 Å². The zero-order valence-electron chi connectivity index (χ0n) is 43.8. The van der Waals surface area contributed by atoms with E-state index in [0.29, 0.717) is 0 Å². The first-order chi connectivity index (χ1) is 38.4. The van der Waals surface area contributed by atoms with Crippen molar-refractivity contribution < 1.29 is 0 Å². The Kier molecular flexibility index (Phi) is 8.23. The lowest BCUT2D eigenvalue weighted by molar-refractivity contribution is 1.38. The zero-order chi connectivity index (χ0) is 51.4. The van der Waals surface area contributed by atoms with Gasteiger partial charge in [-0.15, -0.1) is 0 Å². The van der Waals surface area contributed by atoms with Crippen molar-refractivity contribution in [3.05, 3.63) is 241 Å². The Hall–Kier alpha value is -9.62. The molecule has 0 heteroatoms. The van der Waals surface area contributed by atoms with Crippen LogP contribution in [0.15, 0.2) is 218 Å². The van der Waals surface area contributed by atoms with Crippen molar-refractivity contribution in [3.63, 3.8) is 0 Å². The summed E-state index contributed by atoms with van der Waals surface area (Å²) in [7, 11) is 0. The van der Waals surface area contributed by atoms with Crippen molar-refractivity contribution >= 4 is 118 Å². The maximum absolute atomic E-state index is 2.52. The maximum atomic E-state index is 2.52. The second-order valence-corrected chi connectivity index (χ2v) is 22.6. The molecule has 0 aliphatic heterocycles. The first-order valence-corrected chi connectivity index (χ1v) is 27.7. The molecular weight excluding hydrogens is 937 g/mol. The van der Waals surface area contributed by atoms with Crippen LogP contribution in [-0.4, -0.2) is 0 Å². The molecule has 0 spiro atoms. The van der Waals surface area contributed by atoms with Gasteiger partial charge in [-0.3, -0.25) is 0 Å². The molecule has 1 aliphatic rings. The maximum Gasteiger partial charge on any atom is -0.000696 e. The summed E-state index contributed by atoms with van der Waals surface area (Å²) in [6, 6.07) is 83.9. The minimum atomic E-state index is 1.25. The average molecular weight is 985 g/mol. The van der Waals surface area contributed by atoms with Gasteiger partial charge in [0.15, 0.2) is 0 Å². The van der Waals surface area contributed by atoms with Gasteiger partial charge in [-0.1, -0.05) is 206 Å². The standard InChI is InChI=1S/C78H48/c1-41-17-8-10-23-48(41)66-50-25-12-13-26-51(50)67(49-24-11-9-18-42(49)2)76-60-37-33-56-57-34-38-61-71-58(35-31-54(68(57)71)55-32-36-59(75(66)76)72(60)69(55)56)74-65(45-21-6-5-7-22-45)63-39-46-29-30-47(64-43(3)19-16-20-44(64)4)40-62(46)70-52-27-14-15-28-53(52)73(77(61)74)78(63)70/h5-40H,1-4H3. The van der Waals surface area contributed by atoms with Crippen LogP contribution < -0.4 is 0 Å². The molecule has 0 radical (unpaired) electrons. The van der Waals surface area contributed by atoms with E-state index in [-0.39, 0.29) is 0 Å². The van der Waals surface area contributed by atoms with E-state index in [1.165, 1.54) is 208 Å². The SMILES string of the molecule is Cc1ccccc1-c1c2c(c(-c3ccccc3C)c3ccccc13)-c1ccc3c4ccc5c6c(ccc(c7ccc-2c1c73)c46)c1c(-c2ccccc2)c2cc3ccc(-c4c(C)cccc4C)cc3c3c4ccccc4c(c51)c23.